The highest BCUT2D eigenvalue weighted by Gasteiger charge is 2.28. The molecule has 4 heteroatoms. The van der Waals surface area contributed by atoms with Crippen LogP contribution in [0, 0.1) is 0 Å². The van der Waals surface area contributed by atoms with Crippen molar-refractivity contribution in [3.63, 3.8) is 0 Å². The van der Waals surface area contributed by atoms with Gasteiger partial charge in [0.15, 0.2) is 5.60 Å². The van der Waals surface area contributed by atoms with Gasteiger partial charge in [0.25, 0.3) is 5.91 Å². The molecule has 0 aliphatic rings. The first kappa shape index (κ1) is 19.5. The highest BCUT2D eigenvalue weighted by molar-refractivity contribution is 5.84. The summed E-state index contributed by atoms with van der Waals surface area (Å²) in [6.07, 6.45) is 0. The fourth-order valence-corrected chi connectivity index (χ4v) is 2.89. The van der Waals surface area contributed by atoms with E-state index in [9.17, 15) is 4.79 Å². The summed E-state index contributed by atoms with van der Waals surface area (Å²) in [7, 11) is 1.60. The number of carbonyl (C=O) groups excluding carboxylic acids is 1. The average molecular weight is 375 g/mol. The quantitative estimate of drug-likeness (QED) is 0.643. The maximum Gasteiger partial charge on any atom is 0.263 e. The number of rotatable bonds is 7. The van der Waals surface area contributed by atoms with Gasteiger partial charge in [0, 0.05) is 7.05 Å². The van der Waals surface area contributed by atoms with Gasteiger partial charge in [-0.1, -0.05) is 54.6 Å². The van der Waals surface area contributed by atoms with E-state index >= 15 is 0 Å². The first-order valence-electron chi connectivity index (χ1n) is 9.26. The van der Waals surface area contributed by atoms with Crippen LogP contribution in [0.2, 0.25) is 0 Å². The standard InChI is InChI=1S/C24H25NO3/c1-24(2,23(26)25-3)28-22-14-8-12-20(16-22)19-11-7-13-21(15-19)27-17-18-9-5-4-6-10-18/h4-16H,17H2,1-3H3,(H,25,26). The van der Waals surface area contributed by atoms with E-state index in [0.717, 1.165) is 22.4 Å². The molecule has 0 bridgehead atoms. The minimum Gasteiger partial charge on any atom is -0.489 e. The lowest BCUT2D eigenvalue weighted by Crippen LogP contribution is -2.45. The molecule has 0 radical (unpaired) electrons. The third-order valence-corrected chi connectivity index (χ3v) is 4.40. The van der Waals surface area contributed by atoms with E-state index in [0.29, 0.717) is 12.4 Å². The van der Waals surface area contributed by atoms with Gasteiger partial charge in [-0.05, 0) is 54.8 Å². The van der Waals surface area contributed by atoms with Crippen LogP contribution in [0.25, 0.3) is 11.1 Å². The van der Waals surface area contributed by atoms with E-state index < -0.39 is 5.60 Å². The molecule has 1 N–H and O–H groups in total. The Hall–Kier alpha value is -3.27. The van der Waals surface area contributed by atoms with Crippen molar-refractivity contribution in [3.05, 3.63) is 84.4 Å². The number of likely N-dealkylation sites (N-methyl/N-ethyl adjacent to an activating group) is 1. The Morgan fingerprint density at radius 2 is 1.46 bits per heavy atom. The smallest absolute Gasteiger partial charge is 0.263 e. The van der Waals surface area contributed by atoms with Gasteiger partial charge in [-0.3, -0.25) is 4.79 Å². The van der Waals surface area contributed by atoms with Crippen molar-refractivity contribution in [2.75, 3.05) is 7.05 Å². The summed E-state index contributed by atoms with van der Waals surface area (Å²) < 4.78 is 11.8. The van der Waals surface area contributed by atoms with Gasteiger partial charge in [-0.2, -0.15) is 0 Å². The van der Waals surface area contributed by atoms with Crippen LogP contribution in [-0.4, -0.2) is 18.6 Å². The Morgan fingerprint density at radius 3 is 2.11 bits per heavy atom. The Labute approximate surface area is 166 Å². The van der Waals surface area contributed by atoms with Gasteiger partial charge < -0.3 is 14.8 Å². The Kier molecular flexibility index (Phi) is 5.99. The maximum absolute atomic E-state index is 12.0. The highest BCUT2D eigenvalue weighted by Crippen LogP contribution is 2.29. The average Bonchev–Trinajstić information content (AvgIpc) is 2.72. The van der Waals surface area contributed by atoms with E-state index in [1.165, 1.54) is 0 Å². The Bertz CT molecular complexity index is 935. The number of ether oxygens (including phenoxy) is 2. The van der Waals surface area contributed by atoms with Crippen molar-refractivity contribution < 1.29 is 14.3 Å². The zero-order chi connectivity index (χ0) is 20.0. The molecule has 0 aliphatic carbocycles. The molecule has 0 saturated carbocycles. The fourth-order valence-electron chi connectivity index (χ4n) is 2.89. The normalized spacial score (nSPS) is 11.0. The van der Waals surface area contributed by atoms with Crippen LogP contribution in [0.5, 0.6) is 11.5 Å². The number of hydrogen-bond acceptors (Lipinski definition) is 3. The lowest BCUT2D eigenvalue weighted by Gasteiger charge is -2.24. The van der Waals surface area contributed by atoms with Crippen molar-refractivity contribution in [3.8, 4) is 22.6 Å². The predicted octanol–water partition coefficient (Wildman–Crippen LogP) is 4.84. The minimum atomic E-state index is -0.950. The molecule has 0 aliphatic heterocycles. The van der Waals surface area contributed by atoms with Crippen LogP contribution in [0.4, 0.5) is 0 Å². The first-order valence-corrected chi connectivity index (χ1v) is 9.26. The summed E-state index contributed by atoms with van der Waals surface area (Å²) in [4.78, 5) is 12.0. The van der Waals surface area contributed by atoms with Gasteiger partial charge in [0.1, 0.15) is 18.1 Å². The molecule has 144 valence electrons. The summed E-state index contributed by atoms with van der Waals surface area (Å²) in [6.45, 7) is 4.01. The number of nitrogens with one attached hydrogen (secondary N) is 1. The van der Waals surface area contributed by atoms with E-state index in [4.69, 9.17) is 9.47 Å². The number of carbonyl (C=O) groups is 1. The summed E-state index contributed by atoms with van der Waals surface area (Å²) >= 11 is 0. The monoisotopic (exact) mass is 375 g/mol. The van der Waals surface area contributed by atoms with E-state index in [1.54, 1.807) is 20.9 Å². The highest BCUT2D eigenvalue weighted by atomic mass is 16.5. The summed E-state index contributed by atoms with van der Waals surface area (Å²) in [6, 6.07) is 25.7. The van der Waals surface area contributed by atoms with Gasteiger partial charge in [-0.15, -0.1) is 0 Å². The van der Waals surface area contributed by atoms with Crippen LogP contribution < -0.4 is 14.8 Å². The zero-order valence-corrected chi connectivity index (χ0v) is 16.4. The summed E-state index contributed by atoms with van der Waals surface area (Å²) in [5, 5.41) is 2.63. The molecule has 0 fully saturated rings. The van der Waals surface area contributed by atoms with Crippen molar-refractivity contribution in [2.24, 2.45) is 0 Å². The topological polar surface area (TPSA) is 47.6 Å². The van der Waals surface area contributed by atoms with Crippen LogP contribution in [0.3, 0.4) is 0 Å². The number of benzene rings is 3. The lowest BCUT2D eigenvalue weighted by atomic mass is 10.0. The lowest BCUT2D eigenvalue weighted by molar-refractivity contribution is -0.133. The molecule has 0 unspecified atom stereocenters. The third-order valence-electron chi connectivity index (χ3n) is 4.40. The molecule has 28 heavy (non-hydrogen) atoms. The summed E-state index contributed by atoms with van der Waals surface area (Å²) in [5.41, 5.74) is 2.19. The molecule has 3 aromatic rings. The minimum absolute atomic E-state index is 0.172. The molecule has 0 atom stereocenters. The van der Waals surface area contributed by atoms with E-state index in [1.807, 2.05) is 78.9 Å². The number of hydrogen-bond donors (Lipinski definition) is 1. The second-order valence-electron chi connectivity index (χ2n) is 7.02. The van der Waals surface area contributed by atoms with Gasteiger partial charge in [0.05, 0.1) is 0 Å². The molecule has 0 spiro atoms. The van der Waals surface area contributed by atoms with Crippen LogP contribution in [0.15, 0.2) is 78.9 Å². The Balaban J connectivity index is 1.76. The molecule has 0 saturated heterocycles. The second-order valence-corrected chi connectivity index (χ2v) is 7.02. The molecule has 1 amide bonds. The third kappa shape index (κ3) is 4.92. The molecule has 0 heterocycles. The fraction of sp³-hybridized carbons (Fsp3) is 0.208. The zero-order valence-electron chi connectivity index (χ0n) is 16.4. The van der Waals surface area contributed by atoms with Crippen molar-refractivity contribution in [1.29, 1.82) is 0 Å². The Morgan fingerprint density at radius 1 is 0.857 bits per heavy atom. The van der Waals surface area contributed by atoms with E-state index in [2.05, 4.69) is 5.32 Å². The van der Waals surface area contributed by atoms with Gasteiger partial charge >= 0.3 is 0 Å². The number of amides is 1. The first-order chi connectivity index (χ1) is 13.5. The van der Waals surface area contributed by atoms with Crippen molar-refractivity contribution >= 4 is 5.91 Å². The summed E-state index contributed by atoms with van der Waals surface area (Å²) in [5.74, 6) is 1.27. The molecule has 3 aromatic carbocycles. The molecule has 3 rings (SSSR count). The molecular weight excluding hydrogens is 350 g/mol. The van der Waals surface area contributed by atoms with Crippen LogP contribution >= 0.6 is 0 Å². The molecule has 0 aromatic heterocycles. The van der Waals surface area contributed by atoms with Gasteiger partial charge in [0.2, 0.25) is 0 Å². The predicted molar refractivity (Wildman–Crippen MR) is 111 cm³/mol. The van der Waals surface area contributed by atoms with Crippen molar-refractivity contribution in [2.45, 2.75) is 26.1 Å². The van der Waals surface area contributed by atoms with Crippen LogP contribution in [-0.2, 0) is 11.4 Å². The van der Waals surface area contributed by atoms with Gasteiger partial charge in [-0.25, -0.2) is 0 Å². The maximum atomic E-state index is 12.0. The van der Waals surface area contributed by atoms with Crippen LogP contribution in [0.1, 0.15) is 19.4 Å². The van der Waals surface area contributed by atoms with Crippen molar-refractivity contribution in [1.82, 2.24) is 5.32 Å². The SMILES string of the molecule is CNC(=O)C(C)(C)Oc1cccc(-c2cccc(OCc3ccccc3)c2)c1. The molecular formula is C24H25NO3. The van der Waals surface area contributed by atoms with E-state index in [-0.39, 0.29) is 5.91 Å². The largest absolute Gasteiger partial charge is 0.489 e. The molecule has 4 nitrogen and oxygen atoms in total. The second kappa shape index (κ2) is 8.61.